The van der Waals surface area contributed by atoms with Crippen LogP contribution in [0.3, 0.4) is 0 Å². The van der Waals surface area contributed by atoms with E-state index in [9.17, 15) is 36.6 Å². The van der Waals surface area contributed by atoms with E-state index in [0.29, 0.717) is 17.0 Å². The number of benzene rings is 2. The first-order valence-electron chi connectivity index (χ1n) is 12.8. The third kappa shape index (κ3) is 5.36. The number of carbonyl (C=O) groups is 2. The number of pyridine rings is 2. The van der Waals surface area contributed by atoms with Crippen molar-refractivity contribution in [2.24, 2.45) is 5.73 Å². The molecular weight excluding hydrogens is 650 g/mol. The Balaban J connectivity index is 1.63. The van der Waals surface area contributed by atoms with Gasteiger partial charge in [-0.25, -0.2) is 13.8 Å². The molecule has 2 amide bonds. The zero-order chi connectivity index (χ0) is 33.1. The maximum absolute atomic E-state index is 14.7. The van der Waals surface area contributed by atoms with Crippen molar-refractivity contribution in [2.75, 3.05) is 20.3 Å². The Hall–Kier alpha value is -4.27. The van der Waals surface area contributed by atoms with Gasteiger partial charge in [0.1, 0.15) is 34.7 Å². The van der Waals surface area contributed by atoms with Gasteiger partial charge in [0, 0.05) is 28.3 Å². The van der Waals surface area contributed by atoms with Gasteiger partial charge in [0.25, 0.3) is 5.91 Å². The number of rotatable bonds is 7. The van der Waals surface area contributed by atoms with Gasteiger partial charge in [-0.2, -0.15) is 13.2 Å². The van der Waals surface area contributed by atoms with E-state index in [1.54, 1.807) is 0 Å². The summed E-state index contributed by atoms with van der Waals surface area (Å²) in [6, 6.07) is 6.38. The fourth-order valence-electron chi connectivity index (χ4n) is 4.81. The summed E-state index contributed by atoms with van der Waals surface area (Å²) in [5.41, 5.74) is -2.17. The lowest BCUT2D eigenvalue weighted by Gasteiger charge is -2.31. The van der Waals surface area contributed by atoms with E-state index in [-0.39, 0.29) is 27.6 Å². The minimum absolute atomic E-state index is 0.125. The zero-order valence-corrected chi connectivity index (χ0v) is 24.7. The third-order valence-corrected chi connectivity index (χ3v) is 8.08. The number of aliphatic hydroxyl groups is 1. The van der Waals surface area contributed by atoms with Crippen LogP contribution in [0.5, 0.6) is 11.5 Å². The molecule has 0 spiro atoms. The van der Waals surface area contributed by atoms with Crippen LogP contribution in [0.15, 0.2) is 42.6 Å². The molecule has 4 aromatic rings. The molecular formula is C29H21Cl2F5N4O5. The second-order valence-electron chi connectivity index (χ2n) is 10.4. The molecule has 1 aliphatic heterocycles. The Morgan fingerprint density at radius 3 is 2.53 bits per heavy atom. The summed E-state index contributed by atoms with van der Waals surface area (Å²) in [7, 11) is 1.30. The van der Waals surface area contributed by atoms with Crippen LogP contribution in [-0.4, -0.2) is 53.3 Å². The number of halogens is 7. The zero-order valence-electron chi connectivity index (χ0n) is 23.2. The topological polar surface area (TPSA) is 137 Å². The SMILES string of the molecule is COc1cc(C(=O)NC[C@](O)(c2cc3c(c(-c4ccc(F)c(F)c4Cl)n2)OC[C@]3(C)C(N)=O)C(F)(F)F)cc2cc(Cl)cnc12. The summed E-state index contributed by atoms with van der Waals surface area (Å²) >= 11 is 12.0. The Bertz CT molecular complexity index is 1890. The predicted molar refractivity (Wildman–Crippen MR) is 152 cm³/mol. The molecule has 0 aliphatic carbocycles. The molecule has 2 aromatic heterocycles. The van der Waals surface area contributed by atoms with Crippen LogP contribution in [0.4, 0.5) is 22.0 Å². The second kappa shape index (κ2) is 11.3. The fourth-order valence-corrected chi connectivity index (χ4v) is 5.22. The van der Waals surface area contributed by atoms with Gasteiger partial charge in [-0.15, -0.1) is 0 Å². The number of hydrogen-bond donors (Lipinski definition) is 3. The van der Waals surface area contributed by atoms with E-state index in [1.165, 1.54) is 38.4 Å². The molecule has 0 fully saturated rings. The maximum atomic E-state index is 14.7. The normalized spacial score (nSPS) is 17.4. The minimum Gasteiger partial charge on any atom is -0.494 e. The van der Waals surface area contributed by atoms with Gasteiger partial charge < -0.3 is 25.6 Å². The number of carbonyl (C=O) groups excluding carboxylic acids is 2. The van der Waals surface area contributed by atoms with Crippen molar-refractivity contribution in [1.29, 1.82) is 0 Å². The van der Waals surface area contributed by atoms with E-state index >= 15 is 0 Å². The molecule has 5 rings (SSSR count). The summed E-state index contributed by atoms with van der Waals surface area (Å²) in [4.78, 5) is 33.6. The van der Waals surface area contributed by atoms with Crippen molar-refractivity contribution >= 4 is 45.9 Å². The summed E-state index contributed by atoms with van der Waals surface area (Å²) in [5.74, 6) is -5.07. The largest absolute Gasteiger partial charge is 0.494 e. The molecule has 16 heteroatoms. The average Bonchev–Trinajstić information content (AvgIpc) is 3.34. The highest BCUT2D eigenvalue weighted by molar-refractivity contribution is 6.33. The number of methoxy groups -OCH3 is 1. The number of fused-ring (bicyclic) bond motifs is 2. The number of nitrogens with two attached hydrogens (primary N) is 1. The molecule has 0 saturated carbocycles. The van der Waals surface area contributed by atoms with Gasteiger partial charge in [0.15, 0.2) is 11.6 Å². The number of aromatic nitrogens is 2. The van der Waals surface area contributed by atoms with Crippen LogP contribution in [-0.2, 0) is 15.8 Å². The quantitative estimate of drug-likeness (QED) is 0.181. The van der Waals surface area contributed by atoms with Crippen LogP contribution in [0.25, 0.3) is 22.2 Å². The molecule has 0 radical (unpaired) electrons. The van der Waals surface area contributed by atoms with Crippen molar-refractivity contribution < 1.29 is 46.1 Å². The van der Waals surface area contributed by atoms with Gasteiger partial charge in [0.2, 0.25) is 11.5 Å². The van der Waals surface area contributed by atoms with Crippen LogP contribution in [0.1, 0.15) is 28.5 Å². The highest BCUT2D eigenvalue weighted by atomic mass is 35.5. The molecule has 2 aromatic carbocycles. The van der Waals surface area contributed by atoms with Crippen LogP contribution in [0, 0.1) is 11.6 Å². The van der Waals surface area contributed by atoms with Gasteiger partial charge in [-0.3, -0.25) is 14.6 Å². The molecule has 0 bridgehead atoms. The highest BCUT2D eigenvalue weighted by Crippen LogP contribution is 2.49. The van der Waals surface area contributed by atoms with Crippen LogP contribution < -0.4 is 20.5 Å². The molecule has 9 nitrogen and oxygen atoms in total. The van der Waals surface area contributed by atoms with Crippen molar-refractivity contribution in [2.45, 2.75) is 24.1 Å². The molecule has 45 heavy (non-hydrogen) atoms. The lowest BCUT2D eigenvalue weighted by Crippen LogP contribution is -2.51. The molecule has 3 heterocycles. The smallest absolute Gasteiger partial charge is 0.424 e. The van der Waals surface area contributed by atoms with E-state index in [4.69, 9.17) is 38.4 Å². The Morgan fingerprint density at radius 2 is 1.89 bits per heavy atom. The Kier molecular flexibility index (Phi) is 8.05. The van der Waals surface area contributed by atoms with Crippen molar-refractivity contribution in [3.05, 3.63) is 81.1 Å². The summed E-state index contributed by atoms with van der Waals surface area (Å²) in [5, 5.41) is 13.0. The van der Waals surface area contributed by atoms with E-state index in [2.05, 4.69) is 15.3 Å². The van der Waals surface area contributed by atoms with Crippen molar-refractivity contribution in [1.82, 2.24) is 15.3 Å². The first-order valence-corrected chi connectivity index (χ1v) is 13.6. The highest BCUT2D eigenvalue weighted by Gasteiger charge is 2.58. The molecule has 4 N–H and O–H groups in total. The van der Waals surface area contributed by atoms with Crippen molar-refractivity contribution in [3.8, 4) is 22.8 Å². The average molecular weight is 671 g/mol. The Morgan fingerprint density at radius 1 is 1.18 bits per heavy atom. The second-order valence-corrected chi connectivity index (χ2v) is 11.2. The standard InChI is InChI=1S/C29H21Cl2F5N4O5/c1-27(26(37)42)11-45-24-16(27)8-19(40-23(24)15-3-4-17(32)21(33)20(15)31)28(43,29(34,35)36)10-39-25(41)13-5-12-6-14(30)9-38-22(12)18(7-13)44-2/h3-9,43H,10-11H2,1-2H3,(H2,37,42)(H,39,41)/t27-,28-/m0/s1. The molecule has 2 atom stereocenters. The maximum Gasteiger partial charge on any atom is 0.424 e. The van der Waals surface area contributed by atoms with Gasteiger partial charge in [0.05, 0.1) is 29.4 Å². The molecule has 0 unspecified atom stereocenters. The van der Waals surface area contributed by atoms with Gasteiger partial charge in [-0.1, -0.05) is 23.2 Å². The number of amides is 2. The number of hydrogen-bond acceptors (Lipinski definition) is 7. The van der Waals surface area contributed by atoms with E-state index < -0.39 is 75.8 Å². The summed E-state index contributed by atoms with van der Waals surface area (Å²) in [6.45, 7) is -0.639. The number of ether oxygens (including phenoxy) is 2. The molecule has 236 valence electrons. The lowest BCUT2D eigenvalue weighted by molar-refractivity contribution is -0.265. The third-order valence-electron chi connectivity index (χ3n) is 7.50. The molecule has 1 aliphatic rings. The first-order chi connectivity index (χ1) is 21.0. The number of primary amides is 1. The first kappa shape index (κ1) is 32.1. The number of alkyl halides is 3. The lowest BCUT2D eigenvalue weighted by atomic mass is 9.81. The predicted octanol–water partition coefficient (Wildman–Crippen LogP) is 5.21. The van der Waals surface area contributed by atoms with E-state index in [1.807, 2.05) is 0 Å². The van der Waals surface area contributed by atoms with Crippen LogP contribution in [0.2, 0.25) is 10.0 Å². The monoisotopic (exact) mass is 670 g/mol. The minimum atomic E-state index is -5.49. The summed E-state index contributed by atoms with van der Waals surface area (Å²) < 4.78 is 83.2. The van der Waals surface area contributed by atoms with E-state index in [0.717, 1.165) is 12.1 Å². The number of nitrogens with zero attached hydrogens (tertiary/aromatic N) is 2. The Labute approximate surface area is 261 Å². The van der Waals surface area contributed by atoms with Gasteiger partial charge in [-0.05, 0) is 43.3 Å². The van der Waals surface area contributed by atoms with Crippen molar-refractivity contribution in [3.63, 3.8) is 0 Å². The number of nitrogens with one attached hydrogen (secondary N) is 1. The molecule has 0 saturated heterocycles. The van der Waals surface area contributed by atoms with Crippen LogP contribution >= 0.6 is 23.2 Å². The fraction of sp³-hybridized carbons (Fsp3) is 0.241. The summed E-state index contributed by atoms with van der Waals surface area (Å²) in [6.07, 6.45) is -4.15. The van der Waals surface area contributed by atoms with Gasteiger partial charge >= 0.3 is 6.18 Å².